The van der Waals surface area contributed by atoms with Crippen molar-refractivity contribution >= 4 is 22.9 Å². The third-order valence-corrected chi connectivity index (χ3v) is 6.15. The molecule has 1 saturated heterocycles. The van der Waals surface area contributed by atoms with Gasteiger partial charge in [0.2, 0.25) is 0 Å². The standard InChI is InChI=1S/C20H22FN5O2S/c1-14(19-23-24-20(28-19)17-3-2-12-29-17)26-10-8-25(9-11-26)13-18(27)22-16-6-4-15(21)5-7-16/h2-7,12,14H,8-11,13H2,1H3,(H,22,27)/p+2/t14-/m1/s1. The Morgan fingerprint density at radius 2 is 1.97 bits per heavy atom. The van der Waals surface area contributed by atoms with Gasteiger partial charge in [0.05, 0.1) is 4.88 Å². The number of anilines is 1. The Morgan fingerprint density at radius 3 is 2.66 bits per heavy atom. The number of halogens is 1. The zero-order valence-electron chi connectivity index (χ0n) is 16.2. The molecule has 1 aliphatic rings. The molecule has 0 unspecified atom stereocenters. The van der Waals surface area contributed by atoms with Gasteiger partial charge in [-0.1, -0.05) is 6.07 Å². The first-order valence-corrected chi connectivity index (χ1v) is 10.6. The van der Waals surface area contributed by atoms with E-state index in [2.05, 4.69) is 22.4 Å². The highest BCUT2D eigenvalue weighted by Gasteiger charge is 2.31. The van der Waals surface area contributed by atoms with Crippen molar-refractivity contribution < 1.29 is 23.4 Å². The number of amides is 1. The van der Waals surface area contributed by atoms with E-state index in [0.29, 0.717) is 24.0 Å². The number of piperazine rings is 1. The van der Waals surface area contributed by atoms with Gasteiger partial charge in [-0.25, -0.2) is 4.39 Å². The van der Waals surface area contributed by atoms with Crippen molar-refractivity contribution in [1.29, 1.82) is 0 Å². The van der Waals surface area contributed by atoms with Crippen molar-refractivity contribution in [2.45, 2.75) is 13.0 Å². The van der Waals surface area contributed by atoms with Crippen LogP contribution in [0.2, 0.25) is 0 Å². The molecule has 0 bridgehead atoms. The number of hydrogen-bond acceptors (Lipinski definition) is 5. The predicted molar refractivity (Wildman–Crippen MR) is 107 cm³/mol. The molecule has 3 N–H and O–H groups in total. The fourth-order valence-electron chi connectivity index (χ4n) is 3.58. The summed E-state index contributed by atoms with van der Waals surface area (Å²) in [6.45, 7) is 6.15. The lowest BCUT2D eigenvalue weighted by molar-refractivity contribution is -1.02. The second-order valence-corrected chi connectivity index (χ2v) is 8.23. The van der Waals surface area contributed by atoms with Gasteiger partial charge in [-0.3, -0.25) is 4.79 Å². The molecule has 1 aromatic carbocycles. The van der Waals surface area contributed by atoms with Crippen LogP contribution in [0.5, 0.6) is 0 Å². The average molecular weight is 418 g/mol. The Hall–Kier alpha value is -2.62. The van der Waals surface area contributed by atoms with Gasteiger partial charge in [0.15, 0.2) is 12.6 Å². The number of nitrogens with zero attached hydrogens (tertiary/aromatic N) is 2. The number of aromatic nitrogens is 2. The Labute approximate surface area is 172 Å². The number of carbonyl (C=O) groups excluding carboxylic acids is 1. The minimum atomic E-state index is -0.314. The SMILES string of the molecule is C[C@H](c1nnc(-c2cccs2)o1)[NH+]1CC[NH+](CC(=O)Nc2ccc(F)cc2)CC1. The number of hydrogen-bond donors (Lipinski definition) is 3. The summed E-state index contributed by atoms with van der Waals surface area (Å²) in [6.07, 6.45) is 0. The van der Waals surface area contributed by atoms with E-state index in [0.717, 1.165) is 31.1 Å². The molecule has 4 rings (SSSR count). The molecule has 0 saturated carbocycles. The summed E-state index contributed by atoms with van der Waals surface area (Å²) < 4.78 is 18.8. The molecule has 0 aliphatic carbocycles. The molecule has 1 atom stereocenters. The maximum Gasteiger partial charge on any atom is 0.279 e. The van der Waals surface area contributed by atoms with Gasteiger partial charge in [0.1, 0.15) is 32.0 Å². The average Bonchev–Trinajstić information content (AvgIpc) is 3.41. The molecule has 0 radical (unpaired) electrons. The van der Waals surface area contributed by atoms with E-state index in [4.69, 9.17) is 4.42 Å². The third-order valence-electron chi connectivity index (χ3n) is 5.29. The van der Waals surface area contributed by atoms with Crippen molar-refractivity contribution in [1.82, 2.24) is 10.2 Å². The second kappa shape index (κ2) is 8.81. The van der Waals surface area contributed by atoms with Gasteiger partial charge in [-0.2, -0.15) is 0 Å². The predicted octanol–water partition coefficient (Wildman–Crippen LogP) is 0.420. The number of benzene rings is 1. The van der Waals surface area contributed by atoms with Crippen LogP contribution in [0.1, 0.15) is 18.9 Å². The van der Waals surface area contributed by atoms with Crippen molar-refractivity contribution in [2.75, 3.05) is 38.0 Å². The van der Waals surface area contributed by atoms with Crippen molar-refractivity contribution in [3.8, 4) is 10.8 Å². The molecular weight excluding hydrogens is 393 g/mol. The highest BCUT2D eigenvalue weighted by atomic mass is 32.1. The molecular formula is C20H24FN5O2S+2. The third kappa shape index (κ3) is 4.87. The highest BCUT2D eigenvalue weighted by molar-refractivity contribution is 7.13. The summed E-state index contributed by atoms with van der Waals surface area (Å²) in [5.41, 5.74) is 0.617. The Bertz CT molecular complexity index is 936. The number of quaternary nitrogens is 2. The quantitative estimate of drug-likeness (QED) is 0.543. The summed E-state index contributed by atoms with van der Waals surface area (Å²) in [7, 11) is 0. The number of carbonyl (C=O) groups is 1. The van der Waals surface area contributed by atoms with E-state index in [-0.39, 0.29) is 17.8 Å². The van der Waals surface area contributed by atoms with Crippen molar-refractivity contribution in [3.05, 3.63) is 53.5 Å². The van der Waals surface area contributed by atoms with E-state index in [1.807, 2.05) is 17.5 Å². The van der Waals surface area contributed by atoms with Crippen LogP contribution in [0.3, 0.4) is 0 Å². The molecule has 1 amide bonds. The minimum absolute atomic E-state index is 0.0550. The van der Waals surface area contributed by atoms with Gasteiger partial charge in [-0.15, -0.1) is 21.5 Å². The lowest BCUT2D eigenvalue weighted by atomic mass is 10.2. The topological polar surface area (TPSA) is 76.9 Å². The smallest absolute Gasteiger partial charge is 0.279 e. The molecule has 29 heavy (non-hydrogen) atoms. The van der Waals surface area contributed by atoms with E-state index < -0.39 is 0 Å². The monoisotopic (exact) mass is 417 g/mol. The van der Waals surface area contributed by atoms with Crippen LogP contribution in [0.25, 0.3) is 10.8 Å². The molecule has 3 aromatic rings. The first kappa shape index (κ1) is 19.7. The first-order chi connectivity index (χ1) is 14.1. The summed E-state index contributed by atoms with van der Waals surface area (Å²) >= 11 is 1.58. The second-order valence-electron chi connectivity index (χ2n) is 7.28. The normalized spacial score (nSPS) is 20.3. The molecule has 1 fully saturated rings. The zero-order valence-corrected chi connectivity index (χ0v) is 17.0. The molecule has 3 heterocycles. The molecule has 1 aliphatic heterocycles. The van der Waals surface area contributed by atoms with Crippen LogP contribution in [0, 0.1) is 5.82 Å². The number of thiophene rings is 1. The lowest BCUT2D eigenvalue weighted by Gasteiger charge is -2.31. The Balaban J connectivity index is 1.26. The van der Waals surface area contributed by atoms with Gasteiger partial charge < -0.3 is 19.5 Å². The minimum Gasteiger partial charge on any atom is -0.414 e. The van der Waals surface area contributed by atoms with Crippen LogP contribution in [-0.4, -0.2) is 48.8 Å². The highest BCUT2D eigenvalue weighted by Crippen LogP contribution is 2.24. The Kier molecular flexibility index (Phi) is 5.98. The summed E-state index contributed by atoms with van der Waals surface area (Å²) in [4.78, 5) is 15.9. The molecule has 9 heteroatoms. The van der Waals surface area contributed by atoms with Crippen molar-refractivity contribution in [3.63, 3.8) is 0 Å². The molecule has 7 nitrogen and oxygen atoms in total. The maximum atomic E-state index is 13.0. The molecule has 0 spiro atoms. The van der Waals surface area contributed by atoms with Crippen molar-refractivity contribution in [2.24, 2.45) is 0 Å². The fraction of sp³-hybridized carbons (Fsp3) is 0.350. The van der Waals surface area contributed by atoms with Crippen LogP contribution in [-0.2, 0) is 4.79 Å². The number of rotatable bonds is 6. The van der Waals surface area contributed by atoms with E-state index in [1.165, 1.54) is 21.9 Å². The number of nitrogens with one attached hydrogen (secondary N) is 3. The van der Waals surface area contributed by atoms with Crippen LogP contribution in [0.4, 0.5) is 10.1 Å². The summed E-state index contributed by atoms with van der Waals surface area (Å²) in [6, 6.07) is 9.87. The largest absolute Gasteiger partial charge is 0.414 e. The van der Waals surface area contributed by atoms with Crippen LogP contribution in [0.15, 0.2) is 46.2 Å². The maximum absolute atomic E-state index is 13.0. The van der Waals surface area contributed by atoms with Gasteiger partial charge in [-0.05, 0) is 42.6 Å². The molecule has 2 aromatic heterocycles. The fourth-order valence-corrected chi connectivity index (χ4v) is 4.23. The van der Waals surface area contributed by atoms with Gasteiger partial charge in [0.25, 0.3) is 17.7 Å². The summed E-state index contributed by atoms with van der Waals surface area (Å²) in [5.74, 6) is 0.857. The van der Waals surface area contributed by atoms with E-state index in [9.17, 15) is 9.18 Å². The van der Waals surface area contributed by atoms with E-state index >= 15 is 0 Å². The van der Waals surface area contributed by atoms with Crippen LogP contribution >= 0.6 is 11.3 Å². The lowest BCUT2D eigenvalue weighted by Crippen LogP contribution is -3.28. The van der Waals surface area contributed by atoms with E-state index in [1.54, 1.807) is 23.5 Å². The Morgan fingerprint density at radius 1 is 1.21 bits per heavy atom. The zero-order chi connectivity index (χ0) is 20.2. The van der Waals surface area contributed by atoms with Crippen LogP contribution < -0.4 is 15.1 Å². The molecule has 152 valence electrons. The van der Waals surface area contributed by atoms with Gasteiger partial charge in [0, 0.05) is 5.69 Å². The van der Waals surface area contributed by atoms with Gasteiger partial charge >= 0.3 is 0 Å². The first-order valence-electron chi connectivity index (χ1n) is 9.69. The summed E-state index contributed by atoms with van der Waals surface area (Å²) in [5, 5.41) is 13.2.